The molecule has 0 aromatic heterocycles. The highest BCUT2D eigenvalue weighted by atomic mass is 16.5. The zero-order valence-electron chi connectivity index (χ0n) is 10.9. The number of nitrogens with two attached hydrogens (primary N) is 1. The summed E-state index contributed by atoms with van der Waals surface area (Å²) in [6.45, 7) is 4.87. The lowest BCUT2D eigenvalue weighted by molar-refractivity contribution is -0.127. The van der Waals surface area contributed by atoms with E-state index >= 15 is 0 Å². The van der Waals surface area contributed by atoms with E-state index in [4.69, 9.17) is 10.5 Å². The molecule has 1 heterocycles. The van der Waals surface area contributed by atoms with Crippen LogP contribution in [0.25, 0.3) is 0 Å². The number of carbonyl (C=O) groups is 1. The standard InChI is InChI=1S/C14H20N2O2/c1-10-5-3-4-6-12(10)11(2)16-13(17)14(15)7-8-18-9-14/h3-6,11H,7-9,15H2,1-2H3,(H,16,17). The van der Waals surface area contributed by atoms with E-state index < -0.39 is 5.54 Å². The van der Waals surface area contributed by atoms with Gasteiger partial charge in [-0.2, -0.15) is 0 Å². The molecule has 1 fully saturated rings. The van der Waals surface area contributed by atoms with Gasteiger partial charge in [0.05, 0.1) is 12.6 Å². The number of benzene rings is 1. The van der Waals surface area contributed by atoms with E-state index in [-0.39, 0.29) is 11.9 Å². The third-order valence-corrected chi connectivity index (χ3v) is 3.51. The Bertz CT molecular complexity index is 439. The van der Waals surface area contributed by atoms with Gasteiger partial charge in [-0.15, -0.1) is 0 Å². The topological polar surface area (TPSA) is 64.4 Å². The van der Waals surface area contributed by atoms with Gasteiger partial charge in [0.15, 0.2) is 0 Å². The molecule has 1 aliphatic heterocycles. The van der Waals surface area contributed by atoms with Crippen molar-refractivity contribution >= 4 is 5.91 Å². The van der Waals surface area contributed by atoms with Crippen LogP contribution in [0.1, 0.15) is 30.5 Å². The summed E-state index contributed by atoms with van der Waals surface area (Å²) < 4.78 is 5.21. The second-order valence-electron chi connectivity index (χ2n) is 5.01. The van der Waals surface area contributed by atoms with Crippen molar-refractivity contribution in [2.24, 2.45) is 5.73 Å². The van der Waals surface area contributed by atoms with Gasteiger partial charge < -0.3 is 15.8 Å². The quantitative estimate of drug-likeness (QED) is 0.847. The number of rotatable bonds is 3. The SMILES string of the molecule is Cc1ccccc1C(C)NC(=O)C1(N)CCOC1. The van der Waals surface area contributed by atoms with E-state index in [9.17, 15) is 4.79 Å². The summed E-state index contributed by atoms with van der Waals surface area (Å²) in [7, 11) is 0. The Hall–Kier alpha value is -1.39. The summed E-state index contributed by atoms with van der Waals surface area (Å²) in [5.41, 5.74) is 7.45. The molecule has 1 saturated heterocycles. The minimum atomic E-state index is -0.864. The van der Waals surface area contributed by atoms with Crippen LogP contribution in [-0.4, -0.2) is 24.7 Å². The molecule has 3 N–H and O–H groups in total. The van der Waals surface area contributed by atoms with E-state index in [0.717, 1.165) is 5.56 Å². The van der Waals surface area contributed by atoms with Gasteiger partial charge in [0.25, 0.3) is 0 Å². The molecule has 4 heteroatoms. The normalized spacial score (nSPS) is 24.8. The van der Waals surface area contributed by atoms with Crippen molar-refractivity contribution in [2.45, 2.75) is 31.8 Å². The monoisotopic (exact) mass is 248 g/mol. The lowest BCUT2D eigenvalue weighted by Crippen LogP contribution is -2.54. The van der Waals surface area contributed by atoms with Crippen LogP contribution in [0, 0.1) is 6.92 Å². The first-order valence-corrected chi connectivity index (χ1v) is 6.26. The zero-order valence-corrected chi connectivity index (χ0v) is 10.9. The molecule has 1 aromatic rings. The van der Waals surface area contributed by atoms with Crippen LogP contribution in [0.5, 0.6) is 0 Å². The number of ether oxygens (including phenoxy) is 1. The minimum absolute atomic E-state index is 0.0419. The molecular formula is C14H20N2O2. The predicted octanol–water partition coefficient (Wildman–Crippen LogP) is 1.29. The lowest BCUT2D eigenvalue weighted by atomic mass is 9.97. The first-order valence-electron chi connectivity index (χ1n) is 6.26. The van der Waals surface area contributed by atoms with Gasteiger partial charge in [0, 0.05) is 6.61 Å². The fourth-order valence-electron chi connectivity index (χ4n) is 2.25. The second kappa shape index (κ2) is 5.08. The second-order valence-corrected chi connectivity index (χ2v) is 5.01. The van der Waals surface area contributed by atoms with Crippen LogP contribution in [0.15, 0.2) is 24.3 Å². The molecule has 2 atom stereocenters. The molecule has 98 valence electrons. The summed E-state index contributed by atoms with van der Waals surface area (Å²) in [5, 5.41) is 2.98. The fraction of sp³-hybridized carbons (Fsp3) is 0.500. The van der Waals surface area contributed by atoms with Gasteiger partial charge in [-0.25, -0.2) is 0 Å². The Morgan fingerprint density at radius 3 is 2.83 bits per heavy atom. The van der Waals surface area contributed by atoms with E-state index in [1.165, 1.54) is 5.56 Å². The average Bonchev–Trinajstić information content (AvgIpc) is 2.78. The van der Waals surface area contributed by atoms with Crippen LogP contribution in [-0.2, 0) is 9.53 Å². The van der Waals surface area contributed by atoms with Gasteiger partial charge in [0.2, 0.25) is 5.91 Å². The Balaban J connectivity index is 2.06. The van der Waals surface area contributed by atoms with E-state index in [1.54, 1.807) is 0 Å². The zero-order chi connectivity index (χ0) is 13.2. The highest BCUT2D eigenvalue weighted by Gasteiger charge is 2.38. The van der Waals surface area contributed by atoms with Crippen molar-refractivity contribution in [3.8, 4) is 0 Å². The molecule has 0 saturated carbocycles. The number of nitrogens with one attached hydrogen (secondary N) is 1. The Labute approximate surface area is 108 Å². The van der Waals surface area contributed by atoms with Gasteiger partial charge in [-0.1, -0.05) is 24.3 Å². The molecule has 4 nitrogen and oxygen atoms in total. The molecule has 1 amide bonds. The van der Waals surface area contributed by atoms with Crippen LogP contribution < -0.4 is 11.1 Å². The summed E-state index contributed by atoms with van der Waals surface area (Å²) in [6, 6.07) is 7.98. The molecule has 0 bridgehead atoms. The maximum Gasteiger partial charge on any atom is 0.243 e. The average molecular weight is 248 g/mol. The summed E-state index contributed by atoms with van der Waals surface area (Å²) in [4.78, 5) is 12.1. The van der Waals surface area contributed by atoms with Gasteiger partial charge in [-0.3, -0.25) is 4.79 Å². The number of amides is 1. The third-order valence-electron chi connectivity index (χ3n) is 3.51. The lowest BCUT2D eigenvalue weighted by Gasteiger charge is -2.24. The Morgan fingerprint density at radius 1 is 1.50 bits per heavy atom. The van der Waals surface area contributed by atoms with Crippen molar-refractivity contribution in [3.63, 3.8) is 0 Å². The highest BCUT2D eigenvalue weighted by molar-refractivity contribution is 5.86. The molecule has 0 radical (unpaired) electrons. The molecule has 0 aliphatic carbocycles. The number of hydrogen-bond donors (Lipinski definition) is 2. The summed E-state index contributed by atoms with van der Waals surface area (Å²) in [6.07, 6.45) is 0.583. The van der Waals surface area contributed by atoms with Crippen molar-refractivity contribution < 1.29 is 9.53 Å². The maximum absolute atomic E-state index is 12.1. The molecule has 18 heavy (non-hydrogen) atoms. The molecular weight excluding hydrogens is 228 g/mol. The van der Waals surface area contributed by atoms with Crippen LogP contribution in [0.2, 0.25) is 0 Å². The van der Waals surface area contributed by atoms with Crippen LogP contribution in [0.3, 0.4) is 0 Å². The number of carbonyl (C=O) groups excluding carboxylic acids is 1. The smallest absolute Gasteiger partial charge is 0.243 e. The molecule has 1 aliphatic rings. The third kappa shape index (κ3) is 2.54. The minimum Gasteiger partial charge on any atom is -0.379 e. The Kier molecular flexibility index (Phi) is 3.68. The van der Waals surface area contributed by atoms with Gasteiger partial charge >= 0.3 is 0 Å². The first-order chi connectivity index (χ1) is 8.53. The van der Waals surface area contributed by atoms with E-state index in [2.05, 4.69) is 5.32 Å². The fourth-order valence-corrected chi connectivity index (χ4v) is 2.25. The summed E-state index contributed by atoms with van der Waals surface area (Å²) in [5.74, 6) is -0.129. The van der Waals surface area contributed by atoms with Crippen LogP contribution in [0.4, 0.5) is 0 Å². The van der Waals surface area contributed by atoms with Crippen molar-refractivity contribution in [3.05, 3.63) is 35.4 Å². The highest BCUT2D eigenvalue weighted by Crippen LogP contribution is 2.20. The molecule has 1 aromatic carbocycles. The number of hydrogen-bond acceptors (Lipinski definition) is 3. The van der Waals surface area contributed by atoms with E-state index in [0.29, 0.717) is 19.6 Å². The van der Waals surface area contributed by atoms with Gasteiger partial charge in [0.1, 0.15) is 5.54 Å². The van der Waals surface area contributed by atoms with Crippen molar-refractivity contribution in [2.75, 3.05) is 13.2 Å². The molecule has 0 spiro atoms. The van der Waals surface area contributed by atoms with Crippen LogP contribution >= 0.6 is 0 Å². The van der Waals surface area contributed by atoms with Crippen molar-refractivity contribution in [1.82, 2.24) is 5.32 Å². The molecule has 2 unspecified atom stereocenters. The van der Waals surface area contributed by atoms with Gasteiger partial charge in [-0.05, 0) is 31.4 Å². The Morgan fingerprint density at radius 2 is 2.22 bits per heavy atom. The molecule has 2 rings (SSSR count). The van der Waals surface area contributed by atoms with E-state index in [1.807, 2.05) is 38.1 Å². The first kappa shape index (κ1) is 13.1. The largest absolute Gasteiger partial charge is 0.379 e. The summed E-state index contributed by atoms with van der Waals surface area (Å²) >= 11 is 0. The number of aryl methyl sites for hydroxylation is 1. The predicted molar refractivity (Wildman–Crippen MR) is 70.1 cm³/mol. The maximum atomic E-state index is 12.1. The van der Waals surface area contributed by atoms with Crippen molar-refractivity contribution in [1.29, 1.82) is 0 Å².